The Kier molecular flexibility index (Phi) is 8.23. The van der Waals surface area contributed by atoms with E-state index in [4.69, 9.17) is 0 Å². The van der Waals surface area contributed by atoms with Crippen LogP contribution in [0.2, 0.25) is 0 Å². The Balaban J connectivity index is 1.06. The minimum absolute atomic E-state index is 0.149. The van der Waals surface area contributed by atoms with Crippen LogP contribution in [0, 0.1) is 0 Å². The average molecular weight is 716 g/mol. The molecule has 0 aliphatic heterocycles. The predicted molar refractivity (Wildman–Crippen MR) is 238 cm³/mol. The topological polar surface area (TPSA) is 3.24 Å². The number of benzene rings is 9. The molecule has 1 aliphatic carbocycles. The van der Waals surface area contributed by atoms with E-state index in [9.17, 15) is 0 Å². The minimum Gasteiger partial charge on any atom is -0.310 e. The zero-order valence-corrected chi connectivity index (χ0v) is 31.7. The second-order valence-corrected chi connectivity index (χ2v) is 15.3. The summed E-state index contributed by atoms with van der Waals surface area (Å²) in [6.07, 6.45) is 0. The fraction of sp³-hybridized carbons (Fsp3) is 0.0545. The van der Waals surface area contributed by atoms with Crippen molar-refractivity contribution in [2.24, 2.45) is 0 Å². The van der Waals surface area contributed by atoms with Crippen LogP contribution in [0.4, 0.5) is 17.1 Å². The first-order valence-electron chi connectivity index (χ1n) is 19.5. The number of hydrogen-bond acceptors (Lipinski definition) is 1. The largest absolute Gasteiger partial charge is 0.310 e. The third kappa shape index (κ3) is 5.72. The summed E-state index contributed by atoms with van der Waals surface area (Å²) in [6, 6.07) is 77.5. The third-order valence-electron chi connectivity index (χ3n) is 11.7. The first-order chi connectivity index (χ1) is 27.5. The lowest BCUT2D eigenvalue weighted by molar-refractivity contribution is 0.660. The summed E-state index contributed by atoms with van der Waals surface area (Å²) < 4.78 is 0. The van der Waals surface area contributed by atoms with Gasteiger partial charge in [-0.3, -0.25) is 0 Å². The van der Waals surface area contributed by atoms with Gasteiger partial charge in [0.25, 0.3) is 0 Å². The van der Waals surface area contributed by atoms with E-state index >= 15 is 0 Å². The van der Waals surface area contributed by atoms with Gasteiger partial charge in [-0.1, -0.05) is 190 Å². The van der Waals surface area contributed by atoms with E-state index in [1.165, 1.54) is 77.5 Å². The van der Waals surface area contributed by atoms with Gasteiger partial charge in [0.1, 0.15) is 0 Å². The maximum atomic E-state index is 2.42. The predicted octanol–water partition coefficient (Wildman–Crippen LogP) is 15.3. The molecule has 0 aromatic heterocycles. The first kappa shape index (κ1) is 33.6. The van der Waals surface area contributed by atoms with E-state index < -0.39 is 0 Å². The molecular formula is C55H41N. The normalized spacial score (nSPS) is 12.6. The summed E-state index contributed by atoms with van der Waals surface area (Å²) >= 11 is 0. The van der Waals surface area contributed by atoms with Crippen LogP contribution in [-0.2, 0) is 5.41 Å². The van der Waals surface area contributed by atoms with Gasteiger partial charge in [-0.15, -0.1) is 0 Å². The average Bonchev–Trinajstić information content (AvgIpc) is 3.50. The van der Waals surface area contributed by atoms with Crippen molar-refractivity contribution >= 4 is 27.8 Å². The molecule has 1 nitrogen and oxygen atoms in total. The molecule has 1 aliphatic rings. The Morgan fingerprint density at radius 2 is 0.839 bits per heavy atom. The van der Waals surface area contributed by atoms with Crippen molar-refractivity contribution in [2.75, 3.05) is 4.90 Å². The van der Waals surface area contributed by atoms with Crippen LogP contribution in [0.5, 0.6) is 0 Å². The Morgan fingerprint density at radius 1 is 0.321 bits per heavy atom. The van der Waals surface area contributed by atoms with Crippen molar-refractivity contribution in [1.82, 2.24) is 0 Å². The maximum absolute atomic E-state index is 2.42. The molecule has 9 aromatic rings. The molecule has 0 amide bonds. The fourth-order valence-electron chi connectivity index (χ4n) is 8.87. The summed E-state index contributed by atoms with van der Waals surface area (Å²) in [5, 5.41) is 2.49. The van der Waals surface area contributed by atoms with Crippen molar-refractivity contribution in [3.63, 3.8) is 0 Å². The van der Waals surface area contributed by atoms with Gasteiger partial charge < -0.3 is 4.90 Å². The second kappa shape index (κ2) is 13.7. The van der Waals surface area contributed by atoms with Gasteiger partial charge in [0, 0.05) is 22.5 Å². The summed E-state index contributed by atoms with van der Waals surface area (Å²) in [7, 11) is 0. The zero-order chi connectivity index (χ0) is 37.6. The van der Waals surface area contributed by atoms with Crippen molar-refractivity contribution in [2.45, 2.75) is 19.3 Å². The molecule has 56 heavy (non-hydrogen) atoms. The molecule has 9 aromatic carbocycles. The molecule has 0 radical (unpaired) electrons. The van der Waals surface area contributed by atoms with Gasteiger partial charge in [0.15, 0.2) is 0 Å². The van der Waals surface area contributed by atoms with Gasteiger partial charge in [0.2, 0.25) is 0 Å². The van der Waals surface area contributed by atoms with Crippen LogP contribution >= 0.6 is 0 Å². The van der Waals surface area contributed by atoms with E-state index in [0.29, 0.717) is 0 Å². The minimum atomic E-state index is -0.149. The number of fused-ring (bicyclic) bond motifs is 4. The summed E-state index contributed by atoms with van der Waals surface area (Å²) in [6.45, 7) is 4.74. The lowest BCUT2D eigenvalue weighted by atomic mass is 9.81. The molecule has 1 heteroatoms. The SMILES string of the molecule is CC1(C)c2cc(N(c3ccccc3)c3ccc(-c4ccc5ccccc5c4-c4ccc(-c5ccccc5)cc4)cc3)ccc2-c2c(-c3ccccc3)cccc21. The van der Waals surface area contributed by atoms with Crippen molar-refractivity contribution < 1.29 is 0 Å². The summed E-state index contributed by atoms with van der Waals surface area (Å²) in [5.74, 6) is 0. The number of hydrogen-bond donors (Lipinski definition) is 0. The highest BCUT2D eigenvalue weighted by atomic mass is 15.1. The Hall–Kier alpha value is -6.96. The highest BCUT2D eigenvalue weighted by molar-refractivity contribution is 6.04. The molecule has 266 valence electrons. The van der Waals surface area contributed by atoms with E-state index in [1.807, 2.05) is 0 Å². The van der Waals surface area contributed by atoms with Crippen LogP contribution in [0.25, 0.3) is 66.4 Å². The number of rotatable bonds is 7. The van der Waals surface area contributed by atoms with E-state index in [1.54, 1.807) is 0 Å². The highest BCUT2D eigenvalue weighted by Gasteiger charge is 2.37. The zero-order valence-electron chi connectivity index (χ0n) is 31.7. The molecule has 0 spiro atoms. The maximum Gasteiger partial charge on any atom is 0.0465 e. The standard InChI is InChI=1S/C55H41N/c1-55(2)51-24-14-23-48(40-17-8-4-9-18-40)54(51)50-36-34-46(37-52(50)55)56(44-20-10-5-11-21-44)45-32-29-42(30-33-45)49-35-31-41-19-12-13-22-47(41)53(49)43-27-25-39(26-28-43)38-15-6-3-7-16-38/h3-37H,1-2H3. The summed E-state index contributed by atoms with van der Waals surface area (Å²) in [4.78, 5) is 2.39. The van der Waals surface area contributed by atoms with E-state index in [-0.39, 0.29) is 5.41 Å². The monoisotopic (exact) mass is 715 g/mol. The summed E-state index contributed by atoms with van der Waals surface area (Å²) in [5.41, 5.74) is 18.5. The lowest BCUT2D eigenvalue weighted by Crippen LogP contribution is -2.16. The molecular weight excluding hydrogens is 675 g/mol. The molecule has 0 fully saturated rings. The van der Waals surface area contributed by atoms with Crippen LogP contribution in [0.1, 0.15) is 25.0 Å². The Morgan fingerprint density at radius 3 is 1.57 bits per heavy atom. The molecule has 0 atom stereocenters. The molecule has 0 unspecified atom stereocenters. The van der Waals surface area contributed by atoms with Crippen molar-refractivity contribution in [1.29, 1.82) is 0 Å². The van der Waals surface area contributed by atoms with Crippen LogP contribution in [0.3, 0.4) is 0 Å². The van der Waals surface area contributed by atoms with Crippen molar-refractivity contribution in [3.8, 4) is 55.6 Å². The second-order valence-electron chi connectivity index (χ2n) is 15.3. The molecule has 0 saturated heterocycles. The number of nitrogens with zero attached hydrogens (tertiary/aromatic N) is 1. The smallest absolute Gasteiger partial charge is 0.0465 e. The van der Waals surface area contributed by atoms with Gasteiger partial charge in [-0.25, -0.2) is 0 Å². The molecule has 0 heterocycles. The van der Waals surface area contributed by atoms with Gasteiger partial charge in [0.05, 0.1) is 0 Å². The molecule has 0 bridgehead atoms. The lowest BCUT2D eigenvalue weighted by Gasteiger charge is -2.28. The van der Waals surface area contributed by atoms with Gasteiger partial charge >= 0.3 is 0 Å². The first-order valence-corrected chi connectivity index (χ1v) is 19.5. The number of anilines is 3. The fourth-order valence-corrected chi connectivity index (χ4v) is 8.87. The van der Waals surface area contributed by atoms with Crippen molar-refractivity contribution in [3.05, 3.63) is 223 Å². The van der Waals surface area contributed by atoms with Crippen LogP contribution < -0.4 is 4.90 Å². The third-order valence-corrected chi connectivity index (χ3v) is 11.7. The van der Waals surface area contributed by atoms with Crippen LogP contribution in [0.15, 0.2) is 212 Å². The van der Waals surface area contributed by atoms with Gasteiger partial charge in [-0.05, 0) is 114 Å². The Labute approximate surface area is 329 Å². The van der Waals surface area contributed by atoms with Crippen LogP contribution in [-0.4, -0.2) is 0 Å². The molecule has 0 saturated carbocycles. The molecule has 0 N–H and O–H groups in total. The number of para-hydroxylation sites is 1. The van der Waals surface area contributed by atoms with E-state index in [2.05, 4.69) is 231 Å². The van der Waals surface area contributed by atoms with E-state index in [0.717, 1.165) is 17.1 Å². The Bertz CT molecular complexity index is 2840. The quantitative estimate of drug-likeness (QED) is 0.159. The molecule has 10 rings (SSSR count). The van der Waals surface area contributed by atoms with Gasteiger partial charge in [-0.2, -0.15) is 0 Å². The highest BCUT2D eigenvalue weighted by Crippen LogP contribution is 2.53.